The molecule has 0 spiro atoms. The number of fused-ring (bicyclic) bond motifs is 9. The normalized spacial score (nSPS) is 13.2. The van der Waals surface area contributed by atoms with Gasteiger partial charge in [-0.1, -0.05) is 129 Å². The van der Waals surface area contributed by atoms with Gasteiger partial charge in [-0.3, -0.25) is 0 Å². The number of benzene rings is 7. The maximum atomic E-state index is 6.49. The lowest BCUT2D eigenvalue weighted by Crippen LogP contribution is -2.14. The Hall–Kier alpha value is -6.85. The van der Waals surface area contributed by atoms with Gasteiger partial charge in [-0.2, -0.15) is 0 Å². The Balaban J connectivity index is 1.11. The van der Waals surface area contributed by atoms with Crippen molar-refractivity contribution in [2.24, 2.45) is 0 Å². The Labute approximate surface area is 305 Å². The van der Waals surface area contributed by atoms with Crippen molar-refractivity contribution in [1.29, 1.82) is 0 Å². The number of para-hydroxylation sites is 2. The van der Waals surface area contributed by atoms with Crippen LogP contribution in [0.1, 0.15) is 25.0 Å². The van der Waals surface area contributed by atoms with E-state index in [-0.39, 0.29) is 5.41 Å². The minimum Gasteiger partial charge on any atom is -0.456 e. The van der Waals surface area contributed by atoms with Crippen LogP contribution in [0, 0.1) is 0 Å². The molecule has 0 atom stereocenters. The molecule has 1 aliphatic rings. The van der Waals surface area contributed by atoms with Crippen LogP contribution in [0.3, 0.4) is 0 Å². The summed E-state index contributed by atoms with van der Waals surface area (Å²) in [4.78, 5) is 15.4. The zero-order chi connectivity index (χ0) is 35.3. The van der Waals surface area contributed by atoms with E-state index in [0.29, 0.717) is 17.5 Å². The van der Waals surface area contributed by atoms with Crippen LogP contribution in [0.25, 0.3) is 100 Å². The fourth-order valence-electron chi connectivity index (χ4n) is 8.33. The molecule has 0 unspecified atom stereocenters. The van der Waals surface area contributed by atoms with Gasteiger partial charge in [0.15, 0.2) is 17.5 Å². The lowest BCUT2D eigenvalue weighted by molar-refractivity contribution is 0.660. The highest BCUT2D eigenvalue weighted by atomic mass is 16.3. The van der Waals surface area contributed by atoms with Crippen molar-refractivity contribution in [3.63, 3.8) is 0 Å². The van der Waals surface area contributed by atoms with Gasteiger partial charge in [0.25, 0.3) is 0 Å². The largest absolute Gasteiger partial charge is 0.456 e. The molecule has 10 aromatic rings. The molecule has 3 heterocycles. The fourth-order valence-corrected chi connectivity index (χ4v) is 8.33. The third kappa shape index (κ3) is 4.47. The molecule has 250 valence electrons. The summed E-state index contributed by atoms with van der Waals surface area (Å²) < 4.78 is 12.9. The average Bonchev–Trinajstić information content (AvgIpc) is 3.85. The summed E-state index contributed by atoms with van der Waals surface area (Å²) in [6.07, 6.45) is 0. The summed E-state index contributed by atoms with van der Waals surface area (Å²) >= 11 is 0. The van der Waals surface area contributed by atoms with Crippen molar-refractivity contribution >= 4 is 43.9 Å². The molecular formula is C48H31N3O2. The summed E-state index contributed by atoms with van der Waals surface area (Å²) in [7, 11) is 0. The highest BCUT2D eigenvalue weighted by molar-refractivity contribution is 6.13. The summed E-state index contributed by atoms with van der Waals surface area (Å²) in [5.74, 6) is 1.70. The summed E-state index contributed by atoms with van der Waals surface area (Å²) in [6.45, 7) is 4.64. The Morgan fingerprint density at radius 2 is 1.02 bits per heavy atom. The smallest absolute Gasteiger partial charge is 0.167 e. The third-order valence-corrected chi connectivity index (χ3v) is 11.0. The van der Waals surface area contributed by atoms with Gasteiger partial charge < -0.3 is 8.83 Å². The molecule has 7 aromatic carbocycles. The molecule has 1 aliphatic carbocycles. The lowest BCUT2D eigenvalue weighted by atomic mass is 9.81. The monoisotopic (exact) mass is 681 g/mol. The van der Waals surface area contributed by atoms with Crippen LogP contribution in [0.15, 0.2) is 160 Å². The molecule has 3 aromatic heterocycles. The number of hydrogen-bond donors (Lipinski definition) is 0. The molecule has 0 saturated heterocycles. The van der Waals surface area contributed by atoms with Crippen LogP contribution >= 0.6 is 0 Å². The van der Waals surface area contributed by atoms with E-state index in [2.05, 4.69) is 92.7 Å². The van der Waals surface area contributed by atoms with Crippen LogP contribution in [-0.4, -0.2) is 15.0 Å². The third-order valence-electron chi connectivity index (χ3n) is 11.0. The number of rotatable bonds is 4. The molecule has 0 aliphatic heterocycles. The Morgan fingerprint density at radius 1 is 0.396 bits per heavy atom. The maximum absolute atomic E-state index is 6.49. The van der Waals surface area contributed by atoms with Crippen LogP contribution in [0.4, 0.5) is 0 Å². The predicted molar refractivity (Wildman–Crippen MR) is 214 cm³/mol. The fraction of sp³-hybridized carbons (Fsp3) is 0.0625. The molecule has 0 fully saturated rings. The lowest BCUT2D eigenvalue weighted by Gasteiger charge is -2.22. The first kappa shape index (κ1) is 29.8. The van der Waals surface area contributed by atoms with E-state index in [1.54, 1.807) is 0 Å². The minimum absolute atomic E-state index is 0.0822. The predicted octanol–water partition coefficient (Wildman–Crippen LogP) is 12.6. The van der Waals surface area contributed by atoms with Gasteiger partial charge >= 0.3 is 0 Å². The SMILES string of the molecule is CC1(C)c2ccccc2-c2ccc(-c3ccc4oc5cccc(-c6nc(-c7ccccc7)nc(-c7cccc8c7oc7ccccc78)n6)c5c4c3)cc21. The molecule has 0 N–H and O–H groups in total. The summed E-state index contributed by atoms with van der Waals surface area (Å²) in [5.41, 5.74) is 13.3. The van der Waals surface area contributed by atoms with E-state index in [9.17, 15) is 0 Å². The van der Waals surface area contributed by atoms with E-state index in [1.165, 1.54) is 27.8 Å². The summed E-state index contributed by atoms with van der Waals surface area (Å²) in [6, 6.07) is 52.5. The van der Waals surface area contributed by atoms with Gasteiger partial charge in [-0.05, 0) is 69.8 Å². The quantitative estimate of drug-likeness (QED) is 0.185. The second kappa shape index (κ2) is 11.1. The maximum Gasteiger partial charge on any atom is 0.167 e. The van der Waals surface area contributed by atoms with Crippen molar-refractivity contribution in [3.8, 4) is 56.4 Å². The Bertz CT molecular complexity index is 3100. The van der Waals surface area contributed by atoms with E-state index >= 15 is 0 Å². The second-order valence-corrected chi connectivity index (χ2v) is 14.4. The summed E-state index contributed by atoms with van der Waals surface area (Å²) in [5, 5.41) is 4.06. The second-order valence-electron chi connectivity index (χ2n) is 14.4. The molecule has 0 amide bonds. The van der Waals surface area contributed by atoms with Crippen LogP contribution in [0.2, 0.25) is 0 Å². The molecule has 53 heavy (non-hydrogen) atoms. The van der Waals surface area contributed by atoms with Gasteiger partial charge in [0.2, 0.25) is 0 Å². The first-order chi connectivity index (χ1) is 26.0. The zero-order valence-electron chi connectivity index (χ0n) is 29.1. The van der Waals surface area contributed by atoms with Crippen molar-refractivity contribution in [1.82, 2.24) is 15.0 Å². The molecule has 0 saturated carbocycles. The molecule has 0 bridgehead atoms. The van der Waals surface area contributed by atoms with E-state index in [4.69, 9.17) is 23.8 Å². The minimum atomic E-state index is -0.0822. The van der Waals surface area contributed by atoms with Gasteiger partial charge in [-0.15, -0.1) is 0 Å². The van der Waals surface area contributed by atoms with Gasteiger partial charge in [-0.25, -0.2) is 15.0 Å². The van der Waals surface area contributed by atoms with Crippen molar-refractivity contribution in [2.75, 3.05) is 0 Å². The molecule has 11 rings (SSSR count). The topological polar surface area (TPSA) is 65.0 Å². The molecule has 5 nitrogen and oxygen atoms in total. The number of furan rings is 2. The van der Waals surface area contributed by atoms with Crippen molar-refractivity contribution in [3.05, 3.63) is 163 Å². The van der Waals surface area contributed by atoms with Gasteiger partial charge in [0.1, 0.15) is 22.3 Å². The van der Waals surface area contributed by atoms with Crippen LogP contribution in [-0.2, 0) is 5.41 Å². The number of hydrogen-bond acceptors (Lipinski definition) is 5. The van der Waals surface area contributed by atoms with Crippen LogP contribution < -0.4 is 0 Å². The molecule has 5 heteroatoms. The number of aromatic nitrogens is 3. The Morgan fingerprint density at radius 3 is 1.92 bits per heavy atom. The highest BCUT2D eigenvalue weighted by Gasteiger charge is 2.35. The first-order valence-corrected chi connectivity index (χ1v) is 17.9. The van der Waals surface area contributed by atoms with Gasteiger partial charge in [0.05, 0.1) is 5.56 Å². The van der Waals surface area contributed by atoms with Crippen LogP contribution in [0.5, 0.6) is 0 Å². The standard InChI is InChI=1S/C48H31N3O2/c1-48(2)38-19-8-6-14-31(38)32-24-22-30(27-39(32)48)29-23-25-41-37(26-29)43-35(17-11-21-42(43)52-41)46-49-45(28-12-4-3-5-13-28)50-47(51-46)36-18-10-16-34-33-15-7-9-20-40(33)53-44(34)36/h3-27H,1-2H3. The average molecular weight is 682 g/mol. The molecule has 0 radical (unpaired) electrons. The van der Waals surface area contributed by atoms with E-state index in [0.717, 1.165) is 66.1 Å². The number of nitrogens with zero attached hydrogens (tertiary/aromatic N) is 3. The highest BCUT2D eigenvalue weighted by Crippen LogP contribution is 2.50. The van der Waals surface area contributed by atoms with E-state index < -0.39 is 0 Å². The van der Waals surface area contributed by atoms with Crippen molar-refractivity contribution in [2.45, 2.75) is 19.3 Å². The Kier molecular flexibility index (Phi) is 6.23. The van der Waals surface area contributed by atoms with E-state index in [1.807, 2.05) is 72.8 Å². The zero-order valence-corrected chi connectivity index (χ0v) is 29.1. The van der Waals surface area contributed by atoms with Crippen molar-refractivity contribution < 1.29 is 8.83 Å². The first-order valence-electron chi connectivity index (χ1n) is 17.9. The molecular weight excluding hydrogens is 651 g/mol. The van der Waals surface area contributed by atoms with Gasteiger partial charge in [0, 0.05) is 38.1 Å².